The molecule has 2 bridgehead atoms. The lowest BCUT2D eigenvalue weighted by Gasteiger charge is -2.54. The standard InChI is InChI=1S/C32H40N2O/c1-29(2,3)34-26-8-7-24-18-25-11-13-30(4)27(22-6-5-21-12-16-33-20-23(21)17-22)9-10-28(30)32(25)15-14-31(24,19-26)35-32/h5-6,11-12,16-18,20,26-28,34H,7-10,13-15,19H2,1-4H3/t26-,27?,28-,30-,31-,32-/m1/s1. The Morgan fingerprint density at radius 2 is 1.94 bits per heavy atom. The van der Waals surface area contributed by atoms with Crippen LogP contribution in [-0.4, -0.2) is 27.8 Å². The van der Waals surface area contributed by atoms with Gasteiger partial charge in [0.05, 0.1) is 11.2 Å². The molecule has 1 aromatic carbocycles. The molecule has 2 aromatic rings. The van der Waals surface area contributed by atoms with Gasteiger partial charge in [0.15, 0.2) is 0 Å². The molecular formula is C32H40N2O. The number of ether oxygens (including phenoxy) is 1. The number of allylic oxidation sites excluding steroid dienone is 1. The smallest absolute Gasteiger partial charge is 0.0974 e. The van der Waals surface area contributed by atoms with Gasteiger partial charge in [-0.1, -0.05) is 31.2 Å². The van der Waals surface area contributed by atoms with E-state index in [4.69, 9.17) is 4.74 Å². The molecule has 3 heterocycles. The number of hydrogen-bond donors (Lipinski definition) is 1. The van der Waals surface area contributed by atoms with Crippen LogP contribution in [-0.2, 0) is 4.74 Å². The average Bonchev–Trinajstić information content (AvgIpc) is 3.33. The second kappa shape index (κ2) is 7.29. The number of pyridine rings is 1. The third kappa shape index (κ3) is 3.20. The fourth-order valence-corrected chi connectivity index (χ4v) is 9.01. The van der Waals surface area contributed by atoms with Gasteiger partial charge in [-0.15, -0.1) is 0 Å². The molecule has 0 radical (unpaired) electrons. The van der Waals surface area contributed by atoms with Gasteiger partial charge < -0.3 is 10.1 Å². The first-order valence-electron chi connectivity index (χ1n) is 13.9. The fraction of sp³-hybridized carbons (Fsp3) is 0.594. The molecule has 7 rings (SSSR count). The lowest BCUT2D eigenvalue weighted by molar-refractivity contribution is -0.136. The molecule has 1 aromatic heterocycles. The number of aromatic nitrogens is 1. The summed E-state index contributed by atoms with van der Waals surface area (Å²) in [6, 6.07) is 9.77. The summed E-state index contributed by atoms with van der Waals surface area (Å²) in [5.74, 6) is 1.18. The van der Waals surface area contributed by atoms with Crippen molar-refractivity contribution in [2.45, 2.75) is 108 Å². The van der Waals surface area contributed by atoms with E-state index in [2.05, 4.69) is 74.4 Å². The first-order valence-corrected chi connectivity index (χ1v) is 13.9. The van der Waals surface area contributed by atoms with E-state index < -0.39 is 0 Å². The van der Waals surface area contributed by atoms with E-state index in [0.717, 1.165) is 6.42 Å². The highest BCUT2D eigenvalue weighted by atomic mass is 16.5. The predicted octanol–water partition coefficient (Wildman–Crippen LogP) is 7.23. The molecular weight excluding hydrogens is 428 g/mol. The third-order valence-electron chi connectivity index (χ3n) is 10.4. The Morgan fingerprint density at radius 1 is 1.06 bits per heavy atom. The highest BCUT2D eigenvalue weighted by Crippen LogP contribution is 2.69. The molecule has 2 spiro atoms. The van der Waals surface area contributed by atoms with Gasteiger partial charge in [0.2, 0.25) is 0 Å². The van der Waals surface area contributed by atoms with Crippen LogP contribution in [0.5, 0.6) is 0 Å². The first-order chi connectivity index (χ1) is 16.7. The van der Waals surface area contributed by atoms with Crippen LogP contribution in [0.3, 0.4) is 0 Å². The van der Waals surface area contributed by atoms with Crippen molar-refractivity contribution in [3.8, 4) is 0 Å². The zero-order chi connectivity index (χ0) is 24.1. The van der Waals surface area contributed by atoms with Crippen molar-refractivity contribution in [2.24, 2.45) is 11.3 Å². The Labute approximate surface area is 210 Å². The largest absolute Gasteiger partial charge is 0.359 e. The van der Waals surface area contributed by atoms with Crippen LogP contribution >= 0.6 is 0 Å². The van der Waals surface area contributed by atoms with Gasteiger partial charge in [-0.2, -0.15) is 0 Å². The number of nitrogens with one attached hydrogen (secondary N) is 1. The molecule has 3 nitrogen and oxygen atoms in total. The molecule has 1 saturated heterocycles. The SMILES string of the molecule is CC(C)(C)N[C@@H]1CCC2=CC3=CC[C@]4(C)C(c5ccc6ccncc6c5)CC[C@H]4[C@@]34CC[C@]2(C1)O4. The normalized spacial score (nSPS) is 40.1. The Balaban J connectivity index is 1.24. The van der Waals surface area contributed by atoms with Gasteiger partial charge in [-0.25, -0.2) is 0 Å². The third-order valence-corrected chi connectivity index (χ3v) is 10.4. The Morgan fingerprint density at radius 3 is 2.80 bits per heavy atom. The van der Waals surface area contributed by atoms with Crippen LogP contribution in [0.2, 0.25) is 0 Å². The summed E-state index contributed by atoms with van der Waals surface area (Å²) in [5.41, 5.74) is 4.88. The molecule has 1 unspecified atom stereocenters. The molecule has 6 atom stereocenters. The van der Waals surface area contributed by atoms with Gasteiger partial charge >= 0.3 is 0 Å². The quantitative estimate of drug-likeness (QED) is 0.505. The monoisotopic (exact) mass is 468 g/mol. The lowest BCUT2D eigenvalue weighted by Crippen LogP contribution is -2.56. The lowest BCUT2D eigenvalue weighted by atomic mass is 9.58. The second-order valence-corrected chi connectivity index (χ2v) is 13.5. The number of nitrogens with zero attached hydrogens (tertiary/aromatic N) is 1. The molecule has 3 aliphatic carbocycles. The van der Waals surface area contributed by atoms with Crippen LogP contribution in [0.1, 0.15) is 90.5 Å². The van der Waals surface area contributed by atoms with Crippen molar-refractivity contribution in [3.05, 3.63) is 65.5 Å². The Bertz CT molecular complexity index is 1250. The van der Waals surface area contributed by atoms with Crippen LogP contribution in [0, 0.1) is 11.3 Å². The highest BCUT2D eigenvalue weighted by molar-refractivity contribution is 5.82. The van der Waals surface area contributed by atoms with E-state index in [1.807, 2.05) is 12.4 Å². The van der Waals surface area contributed by atoms with Crippen molar-refractivity contribution in [1.82, 2.24) is 10.3 Å². The second-order valence-electron chi connectivity index (χ2n) is 13.5. The molecule has 5 aliphatic rings. The molecule has 1 N–H and O–H groups in total. The molecule has 3 fully saturated rings. The van der Waals surface area contributed by atoms with Crippen molar-refractivity contribution in [1.29, 1.82) is 0 Å². The maximum Gasteiger partial charge on any atom is 0.0974 e. The van der Waals surface area contributed by atoms with Crippen LogP contribution in [0.4, 0.5) is 0 Å². The number of benzene rings is 1. The number of hydrogen-bond acceptors (Lipinski definition) is 3. The van der Waals surface area contributed by atoms with Crippen molar-refractivity contribution < 1.29 is 4.74 Å². The summed E-state index contributed by atoms with van der Waals surface area (Å²) in [5, 5.41) is 6.46. The maximum atomic E-state index is 7.47. The predicted molar refractivity (Wildman–Crippen MR) is 142 cm³/mol. The molecule has 184 valence electrons. The molecule has 35 heavy (non-hydrogen) atoms. The van der Waals surface area contributed by atoms with Crippen molar-refractivity contribution >= 4 is 10.8 Å². The zero-order valence-electron chi connectivity index (χ0n) is 21.9. The van der Waals surface area contributed by atoms with E-state index >= 15 is 0 Å². The van der Waals surface area contributed by atoms with E-state index in [0.29, 0.717) is 17.9 Å². The number of fused-ring (bicyclic) bond motifs is 2. The van der Waals surface area contributed by atoms with Gasteiger partial charge in [-0.05, 0) is 124 Å². The van der Waals surface area contributed by atoms with Crippen LogP contribution < -0.4 is 5.32 Å². The molecule has 0 amide bonds. The first kappa shape index (κ1) is 22.2. The summed E-state index contributed by atoms with van der Waals surface area (Å²) in [7, 11) is 0. The number of rotatable bonds is 2. The minimum Gasteiger partial charge on any atom is -0.359 e. The molecule has 2 saturated carbocycles. The molecule has 3 heteroatoms. The topological polar surface area (TPSA) is 34.2 Å². The summed E-state index contributed by atoms with van der Waals surface area (Å²) < 4.78 is 7.47. The highest BCUT2D eigenvalue weighted by Gasteiger charge is 2.66. The van der Waals surface area contributed by atoms with Gasteiger partial charge in [0.25, 0.3) is 0 Å². The van der Waals surface area contributed by atoms with Gasteiger partial charge in [0.1, 0.15) is 0 Å². The zero-order valence-corrected chi connectivity index (χ0v) is 21.9. The Hall–Kier alpha value is -1.97. The van der Waals surface area contributed by atoms with Crippen LogP contribution in [0.25, 0.3) is 10.8 Å². The molecule has 2 aliphatic heterocycles. The van der Waals surface area contributed by atoms with E-state index in [1.165, 1.54) is 66.9 Å². The van der Waals surface area contributed by atoms with Gasteiger partial charge in [0, 0.05) is 29.4 Å². The summed E-state index contributed by atoms with van der Waals surface area (Å²) in [4.78, 5) is 4.39. The van der Waals surface area contributed by atoms with Gasteiger partial charge in [-0.3, -0.25) is 4.98 Å². The fourth-order valence-electron chi connectivity index (χ4n) is 9.01. The van der Waals surface area contributed by atoms with E-state index in [1.54, 1.807) is 5.57 Å². The van der Waals surface area contributed by atoms with Crippen LogP contribution in [0.15, 0.2) is 60.0 Å². The maximum absolute atomic E-state index is 7.47. The van der Waals surface area contributed by atoms with E-state index in [-0.39, 0.29) is 22.2 Å². The van der Waals surface area contributed by atoms with Crippen molar-refractivity contribution in [2.75, 3.05) is 0 Å². The minimum absolute atomic E-state index is 0.0382. The Kier molecular flexibility index (Phi) is 4.64. The van der Waals surface area contributed by atoms with E-state index in [9.17, 15) is 0 Å². The van der Waals surface area contributed by atoms with Crippen molar-refractivity contribution in [3.63, 3.8) is 0 Å². The summed E-state index contributed by atoms with van der Waals surface area (Å²) in [6.45, 7) is 9.46. The minimum atomic E-state index is -0.0761. The summed E-state index contributed by atoms with van der Waals surface area (Å²) >= 11 is 0. The average molecular weight is 469 g/mol. The summed E-state index contributed by atoms with van der Waals surface area (Å²) in [6.07, 6.45) is 18.7.